The number of hydrogen-bond acceptors (Lipinski definition) is 7. The molecule has 4 rings (SSSR count). The number of aromatic nitrogens is 2. The van der Waals surface area contributed by atoms with Crippen molar-refractivity contribution in [2.75, 3.05) is 37.4 Å². The number of anilines is 2. The summed E-state index contributed by atoms with van der Waals surface area (Å²) in [4.78, 5) is 34.6. The molecule has 0 radical (unpaired) electrons. The molecule has 1 saturated carbocycles. The number of nitrogens with zero attached hydrogens (tertiary/aromatic N) is 4. The number of halogens is 1. The van der Waals surface area contributed by atoms with Crippen LogP contribution in [0, 0.1) is 23.2 Å². The highest BCUT2D eigenvalue weighted by Crippen LogP contribution is 2.33. The third-order valence-electron chi connectivity index (χ3n) is 6.97. The first-order chi connectivity index (χ1) is 17.9. The number of ether oxygens (including phenoxy) is 1. The van der Waals surface area contributed by atoms with Crippen LogP contribution in [0.1, 0.15) is 43.9 Å². The summed E-state index contributed by atoms with van der Waals surface area (Å²) < 4.78 is 5.48. The van der Waals surface area contributed by atoms with Gasteiger partial charge in [0, 0.05) is 30.1 Å². The van der Waals surface area contributed by atoms with Crippen molar-refractivity contribution in [1.82, 2.24) is 20.2 Å². The predicted octanol–water partition coefficient (Wildman–Crippen LogP) is 3.82. The standard InChI is InChI=1S/C26H32ClN7O3/c1-16(17-6-9-34(10-7-17)25(35)18-3-4-18)29-8-5-19-11-23(37-2)22(12-21(19)27)32-26(36)33-24-15-30-20(13-28)14-31-24/h11-12,14-18,29H,3-10H2,1-2H3,(H2,31,32,33,36)/t16-/m0/s1. The number of rotatable bonds is 9. The Balaban J connectivity index is 1.26. The van der Waals surface area contributed by atoms with E-state index in [-0.39, 0.29) is 11.5 Å². The van der Waals surface area contributed by atoms with Gasteiger partial charge in [0.05, 0.1) is 25.2 Å². The van der Waals surface area contributed by atoms with Crippen LogP contribution >= 0.6 is 11.6 Å². The maximum absolute atomic E-state index is 12.4. The number of nitrogens with one attached hydrogen (secondary N) is 3. The van der Waals surface area contributed by atoms with E-state index >= 15 is 0 Å². The fourth-order valence-corrected chi connectivity index (χ4v) is 4.84. The van der Waals surface area contributed by atoms with Crippen molar-refractivity contribution in [1.29, 1.82) is 5.26 Å². The highest BCUT2D eigenvalue weighted by molar-refractivity contribution is 6.31. The zero-order valence-electron chi connectivity index (χ0n) is 21.1. The second kappa shape index (κ2) is 12.2. The molecule has 11 heteroatoms. The Kier molecular flexibility index (Phi) is 8.79. The molecule has 2 heterocycles. The zero-order chi connectivity index (χ0) is 26.4. The van der Waals surface area contributed by atoms with E-state index in [2.05, 4.69) is 32.8 Å². The van der Waals surface area contributed by atoms with Crippen molar-refractivity contribution in [3.8, 4) is 11.8 Å². The average molecular weight is 526 g/mol. The molecule has 0 unspecified atom stereocenters. The summed E-state index contributed by atoms with van der Waals surface area (Å²) in [6.07, 6.45) is 7.44. The van der Waals surface area contributed by atoms with E-state index < -0.39 is 6.03 Å². The fourth-order valence-electron chi connectivity index (χ4n) is 4.58. The van der Waals surface area contributed by atoms with Gasteiger partial charge in [0.1, 0.15) is 11.8 Å². The minimum absolute atomic E-state index is 0.157. The number of carbonyl (C=O) groups excluding carboxylic acids is 2. The molecule has 2 aromatic rings. The minimum atomic E-state index is -0.540. The number of amides is 3. The van der Waals surface area contributed by atoms with Crippen molar-refractivity contribution >= 4 is 35.0 Å². The number of methoxy groups -OCH3 is 1. The van der Waals surface area contributed by atoms with Crippen molar-refractivity contribution in [3.63, 3.8) is 0 Å². The average Bonchev–Trinajstić information content (AvgIpc) is 3.75. The van der Waals surface area contributed by atoms with Crippen LogP contribution in [-0.2, 0) is 11.2 Å². The highest BCUT2D eigenvalue weighted by atomic mass is 35.5. The molecule has 1 aliphatic heterocycles. The summed E-state index contributed by atoms with van der Waals surface area (Å²) in [6.45, 7) is 4.66. The number of likely N-dealkylation sites (tertiary alicyclic amines) is 1. The van der Waals surface area contributed by atoms with E-state index in [1.165, 1.54) is 19.5 Å². The van der Waals surface area contributed by atoms with E-state index in [0.29, 0.717) is 46.7 Å². The van der Waals surface area contributed by atoms with E-state index in [1.807, 2.05) is 17.0 Å². The first-order valence-corrected chi connectivity index (χ1v) is 12.9. The normalized spacial score (nSPS) is 16.5. The molecular weight excluding hydrogens is 494 g/mol. The van der Waals surface area contributed by atoms with Crippen LogP contribution in [0.2, 0.25) is 5.02 Å². The lowest BCUT2D eigenvalue weighted by atomic mass is 9.90. The molecular formula is C26H32ClN7O3. The monoisotopic (exact) mass is 525 g/mol. The molecule has 2 fully saturated rings. The Morgan fingerprint density at radius 1 is 1.19 bits per heavy atom. The molecule has 0 bridgehead atoms. The SMILES string of the molecule is COc1cc(CCN[C@@H](C)C2CCN(C(=O)C3CC3)CC2)c(Cl)cc1NC(=O)Nc1cnc(C#N)cn1. The van der Waals surface area contributed by atoms with Crippen LogP contribution < -0.4 is 20.7 Å². The lowest BCUT2D eigenvalue weighted by molar-refractivity contribution is -0.134. The van der Waals surface area contributed by atoms with E-state index in [9.17, 15) is 9.59 Å². The Morgan fingerprint density at radius 3 is 2.57 bits per heavy atom. The molecule has 1 aliphatic carbocycles. The molecule has 196 valence electrons. The molecule has 2 aliphatic rings. The molecule has 0 spiro atoms. The lowest BCUT2D eigenvalue weighted by Gasteiger charge is -2.35. The predicted molar refractivity (Wildman–Crippen MR) is 141 cm³/mol. The molecule has 37 heavy (non-hydrogen) atoms. The van der Waals surface area contributed by atoms with Gasteiger partial charge < -0.3 is 20.3 Å². The number of hydrogen-bond donors (Lipinski definition) is 3. The van der Waals surface area contributed by atoms with Gasteiger partial charge in [-0.05, 0) is 69.2 Å². The van der Waals surface area contributed by atoms with Crippen LogP contribution in [0.15, 0.2) is 24.5 Å². The Bertz CT molecular complexity index is 1160. The lowest BCUT2D eigenvalue weighted by Crippen LogP contribution is -2.44. The fraction of sp³-hybridized carbons (Fsp3) is 0.500. The van der Waals surface area contributed by atoms with Gasteiger partial charge >= 0.3 is 6.03 Å². The van der Waals surface area contributed by atoms with Crippen LogP contribution in [0.25, 0.3) is 0 Å². The largest absolute Gasteiger partial charge is 0.495 e. The number of benzene rings is 1. The molecule has 1 atom stereocenters. The van der Waals surface area contributed by atoms with Crippen LogP contribution in [-0.4, -0.2) is 59.6 Å². The Labute approximate surface area is 221 Å². The smallest absolute Gasteiger partial charge is 0.325 e. The van der Waals surface area contributed by atoms with Gasteiger partial charge in [-0.1, -0.05) is 11.6 Å². The number of piperidine rings is 1. The van der Waals surface area contributed by atoms with Gasteiger partial charge in [-0.25, -0.2) is 14.8 Å². The summed E-state index contributed by atoms with van der Waals surface area (Å²) in [5.74, 6) is 1.88. The van der Waals surface area contributed by atoms with Gasteiger partial charge in [0.2, 0.25) is 5.91 Å². The van der Waals surface area contributed by atoms with Gasteiger partial charge in [-0.2, -0.15) is 5.26 Å². The maximum atomic E-state index is 12.4. The summed E-state index contributed by atoms with van der Waals surface area (Å²) in [5.41, 5.74) is 1.49. The minimum Gasteiger partial charge on any atom is -0.495 e. The number of carbonyl (C=O) groups is 2. The molecule has 10 nitrogen and oxygen atoms in total. The molecule has 3 amide bonds. The molecule has 1 saturated heterocycles. The molecule has 3 N–H and O–H groups in total. The van der Waals surface area contributed by atoms with Crippen molar-refractivity contribution < 1.29 is 14.3 Å². The summed E-state index contributed by atoms with van der Waals surface area (Å²) in [7, 11) is 1.53. The van der Waals surface area contributed by atoms with E-state index in [0.717, 1.165) is 50.9 Å². The third kappa shape index (κ3) is 7.08. The van der Waals surface area contributed by atoms with Gasteiger partial charge in [-0.15, -0.1) is 0 Å². The highest BCUT2D eigenvalue weighted by Gasteiger charge is 2.35. The van der Waals surface area contributed by atoms with E-state index in [4.69, 9.17) is 21.6 Å². The molecule has 1 aromatic carbocycles. The maximum Gasteiger partial charge on any atom is 0.325 e. The zero-order valence-corrected chi connectivity index (χ0v) is 21.8. The van der Waals surface area contributed by atoms with Crippen LogP contribution in [0.4, 0.5) is 16.3 Å². The summed E-state index contributed by atoms with van der Waals surface area (Å²) in [6, 6.07) is 5.16. The quantitative estimate of drug-likeness (QED) is 0.453. The number of nitriles is 1. The Morgan fingerprint density at radius 2 is 1.95 bits per heavy atom. The topological polar surface area (TPSA) is 132 Å². The summed E-state index contributed by atoms with van der Waals surface area (Å²) in [5, 5.41) is 18.2. The first kappa shape index (κ1) is 26.6. The van der Waals surface area contributed by atoms with E-state index in [1.54, 1.807) is 6.07 Å². The Hall–Kier alpha value is -3.42. The van der Waals surface area contributed by atoms with Crippen LogP contribution in [0.3, 0.4) is 0 Å². The second-order valence-corrected chi connectivity index (χ2v) is 9.96. The van der Waals surface area contributed by atoms with Crippen molar-refractivity contribution in [2.45, 2.75) is 45.1 Å². The van der Waals surface area contributed by atoms with Crippen molar-refractivity contribution in [3.05, 3.63) is 40.8 Å². The van der Waals surface area contributed by atoms with Crippen molar-refractivity contribution in [2.24, 2.45) is 11.8 Å². The van der Waals surface area contributed by atoms with Gasteiger partial charge in [-0.3, -0.25) is 10.1 Å². The first-order valence-electron chi connectivity index (χ1n) is 12.6. The van der Waals surface area contributed by atoms with Gasteiger partial charge in [0.15, 0.2) is 11.5 Å². The van der Waals surface area contributed by atoms with Gasteiger partial charge in [0.25, 0.3) is 0 Å². The van der Waals surface area contributed by atoms with Crippen LogP contribution in [0.5, 0.6) is 5.75 Å². The summed E-state index contributed by atoms with van der Waals surface area (Å²) >= 11 is 6.53. The number of urea groups is 1. The molecule has 1 aromatic heterocycles. The third-order valence-corrected chi connectivity index (χ3v) is 7.32. The second-order valence-electron chi connectivity index (χ2n) is 9.55.